The molecule has 1 aliphatic heterocycles. The summed E-state index contributed by atoms with van der Waals surface area (Å²) in [5, 5.41) is 5.46. The smallest absolute Gasteiger partial charge is 0.350 e. The number of rotatable bonds is 3. The lowest BCUT2D eigenvalue weighted by molar-refractivity contribution is -0.169. The molecule has 8 heteroatoms. The lowest BCUT2D eigenvalue weighted by Gasteiger charge is -2.14. The van der Waals surface area contributed by atoms with E-state index in [9.17, 15) is 18.0 Å². The van der Waals surface area contributed by atoms with Crippen LogP contribution in [0, 0.1) is 5.92 Å². The number of hydrogen-bond acceptors (Lipinski definition) is 3. The number of aromatic nitrogens is 2. The molecule has 0 aliphatic carbocycles. The fourth-order valence-electron chi connectivity index (χ4n) is 2.62. The number of hydrogen-bond donors (Lipinski definition) is 3. The minimum Gasteiger partial charge on any atom is -0.350 e. The zero-order chi connectivity index (χ0) is 15.7. The van der Waals surface area contributed by atoms with Crippen molar-refractivity contribution >= 4 is 16.9 Å². The number of alkyl halides is 3. The topological polar surface area (TPSA) is 69.8 Å². The molecule has 5 nitrogen and oxygen atoms in total. The Bertz CT molecular complexity index is 682. The number of carbonyl (C=O) groups excluding carboxylic acids is 1. The average molecular weight is 312 g/mol. The van der Waals surface area contributed by atoms with Gasteiger partial charge in [0.1, 0.15) is 0 Å². The number of nitrogens with one attached hydrogen (secondary N) is 3. The molecule has 3 N–H and O–H groups in total. The van der Waals surface area contributed by atoms with Gasteiger partial charge in [-0.3, -0.25) is 4.79 Å². The third-order valence-corrected chi connectivity index (χ3v) is 3.88. The second kappa shape index (κ2) is 5.60. The molecule has 2 atom stereocenters. The second-order valence-corrected chi connectivity index (χ2v) is 5.42. The van der Waals surface area contributed by atoms with Crippen molar-refractivity contribution in [2.45, 2.75) is 18.6 Å². The molecule has 0 saturated carbocycles. The van der Waals surface area contributed by atoms with Gasteiger partial charge in [0.05, 0.1) is 23.3 Å². The molecule has 1 aromatic heterocycles. The van der Waals surface area contributed by atoms with E-state index in [1.807, 2.05) is 0 Å². The third kappa shape index (κ3) is 3.06. The summed E-state index contributed by atoms with van der Waals surface area (Å²) in [6.45, 7) is 0.0799. The summed E-state index contributed by atoms with van der Waals surface area (Å²) < 4.78 is 37.7. The average Bonchev–Trinajstić information content (AvgIpc) is 3.12. The monoisotopic (exact) mass is 312 g/mol. The Morgan fingerprint density at radius 1 is 1.41 bits per heavy atom. The van der Waals surface area contributed by atoms with Gasteiger partial charge in [-0.15, -0.1) is 0 Å². The maximum Gasteiger partial charge on any atom is 0.393 e. The van der Waals surface area contributed by atoms with Crippen molar-refractivity contribution in [2.24, 2.45) is 5.92 Å². The van der Waals surface area contributed by atoms with E-state index < -0.39 is 12.1 Å². The van der Waals surface area contributed by atoms with Crippen molar-refractivity contribution in [1.82, 2.24) is 20.6 Å². The molecule has 0 unspecified atom stereocenters. The summed E-state index contributed by atoms with van der Waals surface area (Å²) in [5.74, 6) is -1.65. The maximum absolute atomic E-state index is 12.6. The van der Waals surface area contributed by atoms with Gasteiger partial charge in [-0.25, -0.2) is 4.98 Å². The van der Waals surface area contributed by atoms with Crippen LogP contribution in [0.4, 0.5) is 13.2 Å². The van der Waals surface area contributed by atoms with Crippen LogP contribution in [0.15, 0.2) is 24.5 Å². The Morgan fingerprint density at radius 3 is 2.95 bits per heavy atom. The van der Waals surface area contributed by atoms with Gasteiger partial charge < -0.3 is 15.6 Å². The molecule has 0 spiro atoms. The molecular weight excluding hydrogens is 297 g/mol. The number of carbonyl (C=O) groups is 1. The molecule has 0 radical (unpaired) electrons. The van der Waals surface area contributed by atoms with Gasteiger partial charge >= 0.3 is 6.18 Å². The first-order valence-electron chi connectivity index (χ1n) is 6.95. The van der Waals surface area contributed by atoms with Gasteiger partial charge in [0, 0.05) is 24.7 Å². The highest BCUT2D eigenvalue weighted by Gasteiger charge is 2.43. The van der Waals surface area contributed by atoms with Crippen LogP contribution in [0.5, 0.6) is 0 Å². The fraction of sp³-hybridized carbons (Fsp3) is 0.429. The zero-order valence-corrected chi connectivity index (χ0v) is 11.6. The first-order valence-corrected chi connectivity index (χ1v) is 6.95. The maximum atomic E-state index is 12.6. The van der Waals surface area contributed by atoms with Crippen LogP contribution in [-0.4, -0.2) is 41.2 Å². The van der Waals surface area contributed by atoms with Crippen LogP contribution < -0.4 is 10.6 Å². The van der Waals surface area contributed by atoms with Gasteiger partial charge in [-0.05, 0) is 24.6 Å². The van der Waals surface area contributed by atoms with Crippen LogP contribution >= 0.6 is 0 Å². The van der Waals surface area contributed by atoms with Crippen molar-refractivity contribution in [1.29, 1.82) is 0 Å². The van der Waals surface area contributed by atoms with Gasteiger partial charge in [-0.1, -0.05) is 0 Å². The number of halogens is 3. The molecule has 118 valence electrons. The van der Waals surface area contributed by atoms with Crippen molar-refractivity contribution < 1.29 is 18.0 Å². The summed E-state index contributed by atoms with van der Waals surface area (Å²) in [6, 6.07) is 4.66. The molecule has 2 heterocycles. The van der Waals surface area contributed by atoms with E-state index in [-0.39, 0.29) is 31.5 Å². The second-order valence-electron chi connectivity index (χ2n) is 5.42. The highest BCUT2D eigenvalue weighted by molar-refractivity contribution is 5.97. The lowest BCUT2D eigenvalue weighted by Crippen LogP contribution is -2.37. The molecule has 1 saturated heterocycles. The molecule has 1 fully saturated rings. The Hall–Kier alpha value is -2.09. The first-order chi connectivity index (χ1) is 10.4. The number of imidazole rings is 1. The number of aromatic amines is 1. The summed E-state index contributed by atoms with van der Waals surface area (Å²) in [7, 11) is 0. The molecule has 22 heavy (non-hydrogen) atoms. The SMILES string of the molecule is O=C(NC[C@@H]1C[C@H](C(F)(F)F)CN1)c1ccc2nc[nH]c2c1. The highest BCUT2D eigenvalue weighted by atomic mass is 19.4. The molecule has 0 bridgehead atoms. The minimum atomic E-state index is -4.18. The molecule has 1 aromatic carbocycles. The first kappa shape index (κ1) is 14.8. The summed E-state index contributed by atoms with van der Waals surface area (Å²) in [6.07, 6.45) is -2.66. The van der Waals surface area contributed by atoms with Crippen molar-refractivity contribution in [3.8, 4) is 0 Å². The summed E-state index contributed by atoms with van der Waals surface area (Å²) in [5.41, 5.74) is 1.94. The zero-order valence-electron chi connectivity index (χ0n) is 11.6. The molecule has 3 rings (SSSR count). The molecule has 1 aliphatic rings. The molecule has 1 amide bonds. The van der Waals surface area contributed by atoms with E-state index in [0.717, 1.165) is 11.0 Å². The van der Waals surface area contributed by atoms with Crippen LogP contribution in [0.1, 0.15) is 16.8 Å². The van der Waals surface area contributed by atoms with Crippen molar-refractivity contribution in [2.75, 3.05) is 13.1 Å². The quantitative estimate of drug-likeness (QED) is 0.810. The number of nitrogens with zero attached hydrogens (tertiary/aromatic N) is 1. The Morgan fingerprint density at radius 2 is 2.23 bits per heavy atom. The standard InChI is InChI=1S/C14H15F3N4O/c15-14(16,17)9-4-10(18-5-9)6-19-13(22)8-1-2-11-12(3-8)21-7-20-11/h1-3,7,9-10,18H,4-6H2,(H,19,22)(H,20,21)/t9-,10-/m0/s1. The van der Waals surface area contributed by atoms with Crippen LogP contribution in [0.25, 0.3) is 11.0 Å². The van der Waals surface area contributed by atoms with Crippen molar-refractivity contribution in [3.63, 3.8) is 0 Å². The van der Waals surface area contributed by atoms with Gasteiger partial charge in [0.15, 0.2) is 0 Å². The molecule has 2 aromatic rings. The van der Waals surface area contributed by atoms with E-state index in [4.69, 9.17) is 0 Å². The van der Waals surface area contributed by atoms with E-state index in [1.54, 1.807) is 18.2 Å². The largest absolute Gasteiger partial charge is 0.393 e. The number of H-pyrrole nitrogens is 1. The molecular formula is C14H15F3N4O. The van der Waals surface area contributed by atoms with Crippen LogP contribution in [0.3, 0.4) is 0 Å². The number of amides is 1. The van der Waals surface area contributed by atoms with Crippen LogP contribution in [-0.2, 0) is 0 Å². The Balaban J connectivity index is 1.56. The normalized spacial score (nSPS) is 22.1. The fourth-order valence-corrected chi connectivity index (χ4v) is 2.62. The van der Waals surface area contributed by atoms with Gasteiger partial charge in [0.2, 0.25) is 0 Å². The van der Waals surface area contributed by atoms with E-state index in [2.05, 4.69) is 20.6 Å². The third-order valence-electron chi connectivity index (χ3n) is 3.88. The summed E-state index contributed by atoms with van der Waals surface area (Å²) in [4.78, 5) is 19.0. The minimum absolute atomic E-state index is 0.0106. The van der Waals surface area contributed by atoms with Crippen LogP contribution in [0.2, 0.25) is 0 Å². The Kier molecular flexibility index (Phi) is 3.78. The summed E-state index contributed by atoms with van der Waals surface area (Å²) >= 11 is 0. The highest BCUT2D eigenvalue weighted by Crippen LogP contribution is 2.32. The number of fused-ring (bicyclic) bond motifs is 1. The van der Waals surface area contributed by atoms with Crippen molar-refractivity contribution in [3.05, 3.63) is 30.1 Å². The van der Waals surface area contributed by atoms with Gasteiger partial charge in [-0.2, -0.15) is 13.2 Å². The lowest BCUT2D eigenvalue weighted by atomic mass is 10.1. The number of benzene rings is 1. The van der Waals surface area contributed by atoms with E-state index in [0.29, 0.717) is 5.56 Å². The van der Waals surface area contributed by atoms with Gasteiger partial charge in [0.25, 0.3) is 5.91 Å². The van der Waals surface area contributed by atoms with E-state index >= 15 is 0 Å². The predicted octanol–water partition coefficient (Wildman–Crippen LogP) is 1.83. The predicted molar refractivity (Wildman–Crippen MR) is 74.4 cm³/mol. The van der Waals surface area contributed by atoms with E-state index in [1.165, 1.54) is 6.33 Å². The Labute approximate surface area is 124 Å².